The Morgan fingerprint density at radius 3 is 2.89 bits per heavy atom. The van der Waals surface area contributed by atoms with E-state index < -0.39 is 18.5 Å². The molecule has 2 aromatic rings. The first kappa shape index (κ1) is 18.2. The summed E-state index contributed by atoms with van der Waals surface area (Å²) in [5.41, 5.74) is 6.71. The van der Waals surface area contributed by atoms with Crippen LogP contribution in [-0.2, 0) is 16.0 Å². The molecule has 8 nitrogen and oxygen atoms in total. The molecule has 140 valence electrons. The normalized spacial score (nSPS) is 15.7. The van der Waals surface area contributed by atoms with Crippen LogP contribution in [0.25, 0.3) is 0 Å². The van der Waals surface area contributed by atoms with Crippen LogP contribution in [0, 0.1) is 11.3 Å². The summed E-state index contributed by atoms with van der Waals surface area (Å²) in [6.45, 7) is -3.06. The second-order valence-corrected chi connectivity index (χ2v) is 5.52. The number of esters is 1. The maximum Gasteiger partial charge on any atom is 0.387 e. The minimum Gasteiger partial charge on any atom is -0.469 e. The number of allylic oxidation sites excluding steroid dienone is 1. The molecule has 1 atom stereocenters. The van der Waals surface area contributed by atoms with E-state index in [0.717, 1.165) is 0 Å². The third-order valence-corrected chi connectivity index (χ3v) is 4.01. The van der Waals surface area contributed by atoms with Crippen LogP contribution in [-0.4, -0.2) is 29.9 Å². The summed E-state index contributed by atoms with van der Waals surface area (Å²) in [7, 11) is 1.23. The molecule has 0 aliphatic carbocycles. The second-order valence-electron chi connectivity index (χ2n) is 5.52. The van der Waals surface area contributed by atoms with Gasteiger partial charge in [-0.15, -0.1) is 5.10 Å². The minimum atomic E-state index is -3.06. The van der Waals surface area contributed by atoms with Gasteiger partial charge in [-0.05, 0) is 6.07 Å². The number of halogens is 2. The van der Waals surface area contributed by atoms with E-state index in [9.17, 15) is 18.8 Å². The van der Waals surface area contributed by atoms with Gasteiger partial charge in [0, 0.05) is 5.56 Å². The Kier molecular flexibility index (Phi) is 4.94. The maximum absolute atomic E-state index is 12.8. The van der Waals surface area contributed by atoms with Crippen LogP contribution >= 0.6 is 0 Å². The van der Waals surface area contributed by atoms with Gasteiger partial charge in [-0.2, -0.15) is 14.0 Å². The number of H-pyrrole nitrogens is 1. The van der Waals surface area contributed by atoms with E-state index in [1.807, 2.05) is 6.07 Å². The molecule has 0 saturated heterocycles. The van der Waals surface area contributed by atoms with Crippen LogP contribution in [0.4, 0.5) is 8.78 Å². The van der Waals surface area contributed by atoms with Crippen molar-refractivity contribution in [1.29, 1.82) is 5.26 Å². The number of para-hydroxylation sites is 1. The standard InChI is InChI=1S/C17H14F2N4O4/c1-25-12(24)6-10-14-13(8-4-2-3-5-11(8)26-17(18)19)9(7-20)15(21)27-16(14)23-22-10/h2-5,13,17H,6,21H2,1H3,(H,22,23). The Morgan fingerprint density at radius 2 is 2.22 bits per heavy atom. The molecule has 2 heterocycles. The zero-order valence-electron chi connectivity index (χ0n) is 14.0. The molecule has 1 aromatic heterocycles. The topological polar surface area (TPSA) is 123 Å². The Balaban J connectivity index is 2.19. The highest BCUT2D eigenvalue weighted by Gasteiger charge is 2.37. The number of nitriles is 1. The number of nitrogens with zero attached hydrogens (tertiary/aromatic N) is 2. The van der Waals surface area contributed by atoms with E-state index in [0.29, 0.717) is 11.3 Å². The average Bonchev–Trinajstić information content (AvgIpc) is 3.02. The van der Waals surface area contributed by atoms with Crippen LogP contribution in [0.15, 0.2) is 35.7 Å². The molecule has 1 aliphatic rings. The van der Waals surface area contributed by atoms with Crippen molar-refractivity contribution < 1.29 is 27.8 Å². The third kappa shape index (κ3) is 3.39. The molecule has 10 heteroatoms. The fourth-order valence-electron chi connectivity index (χ4n) is 2.89. The Morgan fingerprint density at radius 1 is 1.48 bits per heavy atom. The monoisotopic (exact) mass is 376 g/mol. The van der Waals surface area contributed by atoms with Gasteiger partial charge in [-0.1, -0.05) is 18.2 Å². The first-order valence-electron chi connectivity index (χ1n) is 7.71. The SMILES string of the molecule is COC(=O)Cc1[nH]nc2c1C(c1ccccc1OC(F)F)C(C#N)=C(N)O2. The number of hydrogen-bond donors (Lipinski definition) is 2. The van der Waals surface area contributed by atoms with E-state index in [2.05, 4.69) is 19.7 Å². The summed E-state index contributed by atoms with van der Waals surface area (Å²) < 4.78 is 40.3. The number of alkyl halides is 2. The smallest absolute Gasteiger partial charge is 0.387 e. The number of nitrogens with one attached hydrogen (secondary N) is 1. The van der Waals surface area contributed by atoms with Gasteiger partial charge in [0.2, 0.25) is 11.8 Å². The van der Waals surface area contributed by atoms with Crippen molar-refractivity contribution in [2.75, 3.05) is 7.11 Å². The number of benzene rings is 1. The van der Waals surface area contributed by atoms with Crippen LogP contribution in [0.1, 0.15) is 22.7 Å². The predicted octanol–water partition coefficient (Wildman–Crippen LogP) is 1.94. The molecular weight excluding hydrogens is 362 g/mol. The van der Waals surface area contributed by atoms with Crippen molar-refractivity contribution in [2.24, 2.45) is 5.73 Å². The zero-order chi connectivity index (χ0) is 19.6. The van der Waals surface area contributed by atoms with Crippen molar-refractivity contribution in [3.63, 3.8) is 0 Å². The highest BCUT2D eigenvalue weighted by atomic mass is 19.3. The van der Waals surface area contributed by atoms with Gasteiger partial charge in [0.15, 0.2) is 0 Å². The molecule has 3 N–H and O–H groups in total. The summed E-state index contributed by atoms with van der Waals surface area (Å²) in [6, 6.07) is 7.94. The van der Waals surface area contributed by atoms with E-state index in [1.165, 1.54) is 25.3 Å². The summed E-state index contributed by atoms with van der Waals surface area (Å²) in [5.74, 6) is -1.76. The summed E-state index contributed by atoms with van der Waals surface area (Å²) >= 11 is 0. The number of rotatable bonds is 5. The van der Waals surface area contributed by atoms with Crippen molar-refractivity contribution in [1.82, 2.24) is 10.2 Å². The van der Waals surface area contributed by atoms with Crippen LogP contribution < -0.4 is 15.2 Å². The molecular formula is C17H14F2N4O4. The molecule has 3 rings (SSSR count). The number of carbonyl (C=O) groups excluding carboxylic acids is 1. The lowest BCUT2D eigenvalue weighted by atomic mass is 9.83. The van der Waals surface area contributed by atoms with Crippen LogP contribution in [0.5, 0.6) is 11.6 Å². The van der Waals surface area contributed by atoms with E-state index in [4.69, 9.17) is 10.5 Å². The summed E-state index contributed by atoms with van der Waals surface area (Å²) in [4.78, 5) is 11.7. The van der Waals surface area contributed by atoms with E-state index in [-0.39, 0.29) is 35.1 Å². The first-order valence-corrected chi connectivity index (χ1v) is 7.71. The second kappa shape index (κ2) is 7.33. The van der Waals surface area contributed by atoms with Gasteiger partial charge < -0.3 is 19.9 Å². The zero-order valence-corrected chi connectivity index (χ0v) is 14.0. The fraction of sp³-hybridized carbons (Fsp3) is 0.235. The van der Waals surface area contributed by atoms with Gasteiger partial charge >= 0.3 is 12.6 Å². The molecule has 0 amide bonds. The molecule has 27 heavy (non-hydrogen) atoms. The van der Waals surface area contributed by atoms with E-state index in [1.54, 1.807) is 6.07 Å². The van der Waals surface area contributed by atoms with Gasteiger partial charge in [-0.3, -0.25) is 9.89 Å². The van der Waals surface area contributed by atoms with Crippen molar-refractivity contribution >= 4 is 5.97 Å². The van der Waals surface area contributed by atoms with E-state index >= 15 is 0 Å². The molecule has 0 spiro atoms. The number of aromatic nitrogens is 2. The highest BCUT2D eigenvalue weighted by Crippen LogP contribution is 2.45. The van der Waals surface area contributed by atoms with Crippen molar-refractivity contribution in [3.05, 3.63) is 52.5 Å². The number of hydrogen-bond acceptors (Lipinski definition) is 7. The lowest BCUT2D eigenvalue weighted by Gasteiger charge is -2.25. The number of carbonyl (C=O) groups is 1. The molecule has 0 bridgehead atoms. The average molecular weight is 376 g/mol. The molecule has 1 aliphatic heterocycles. The lowest BCUT2D eigenvalue weighted by Crippen LogP contribution is -2.22. The summed E-state index contributed by atoms with van der Waals surface area (Å²) in [5, 5.41) is 16.2. The minimum absolute atomic E-state index is 0.0136. The van der Waals surface area contributed by atoms with Gasteiger partial charge in [-0.25, -0.2) is 0 Å². The Bertz CT molecular complexity index is 949. The fourth-order valence-corrected chi connectivity index (χ4v) is 2.89. The predicted molar refractivity (Wildman–Crippen MR) is 86.7 cm³/mol. The molecule has 1 aromatic carbocycles. The molecule has 0 radical (unpaired) electrons. The number of nitrogens with two attached hydrogens (primary N) is 1. The third-order valence-electron chi connectivity index (χ3n) is 4.01. The van der Waals surface area contributed by atoms with Crippen LogP contribution in [0.3, 0.4) is 0 Å². The quantitative estimate of drug-likeness (QED) is 0.765. The highest BCUT2D eigenvalue weighted by molar-refractivity contribution is 5.73. The largest absolute Gasteiger partial charge is 0.469 e. The van der Waals surface area contributed by atoms with Gasteiger partial charge in [0.25, 0.3) is 0 Å². The molecule has 0 fully saturated rings. The number of methoxy groups -OCH3 is 1. The summed E-state index contributed by atoms with van der Waals surface area (Å²) in [6.07, 6.45) is -0.185. The van der Waals surface area contributed by atoms with Gasteiger partial charge in [0.1, 0.15) is 17.4 Å². The molecule has 1 unspecified atom stereocenters. The Labute approximate surface area is 152 Å². The van der Waals surface area contributed by atoms with Gasteiger partial charge in [0.05, 0.1) is 30.7 Å². The van der Waals surface area contributed by atoms with Crippen molar-refractivity contribution in [3.8, 4) is 17.7 Å². The number of aromatic amines is 1. The maximum atomic E-state index is 12.8. The number of ether oxygens (including phenoxy) is 3. The first-order chi connectivity index (χ1) is 13.0. The number of fused-ring (bicyclic) bond motifs is 1. The Hall–Kier alpha value is -3.61. The lowest BCUT2D eigenvalue weighted by molar-refractivity contribution is -0.139. The van der Waals surface area contributed by atoms with Crippen molar-refractivity contribution in [2.45, 2.75) is 19.0 Å². The van der Waals surface area contributed by atoms with Crippen LogP contribution in [0.2, 0.25) is 0 Å². The molecule has 0 saturated carbocycles.